The molecule has 0 atom stereocenters. The fraction of sp³-hybridized carbons (Fsp3) is 0.357. The second-order valence-corrected chi connectivity index (χ2v) is 5.62. The van der Waals surface area contributed by atoms with Gasteiger partial charge in [-0.25, -0.2) is 4.98 Å². The van der Waals surface area contributed by atoms with Crippen molar-refractivity contribution in [1.82, 2.24) is 24.5 Å². The Morgan fingerprint density at radius 1 is 1.33 bits per heavy atom. The van der Waals surface area contributed by atoms with Crippen LogP contribution in [0, 0.1) is 0 Å². The lowest BCUT2D eigenvalue weighted by atomic mass is 10.3. The molecule has 0 saturated carbocycles. The van der Waals surface area contributed by atoms with Crippen LogP contribution in [0.3, 0.4) is 0 Å². The van der Waals surface area contributed by atoms with Gasteiger partial charge in [0.2, 0.25) is 0 Å². The summed E-state index contributed by atoms with van der Waals surface area (Å²) in [6.45, 7) is 5.40. The summed E-state index contributed by atoms with van der Waals surface area (Å²) in [6.07, 6.45) is 1.87. The lowest BCUT2D eigenvalue weighted by molar-refractivity contribution is 0.598. The highest BCUT2D eigenvalue weighted by molar-refractivity contribution is 6.31. The number of aromatic nitrogens is 5. The van der Waals surface area contributed by atoms with E-state index in [1.165, 1.54) is 0 Å². The number of nitrogens with two attached hydrogens (primary N) is 1. The van der Waals surface area contributed by atoms with Crippen LogP contribution < -0.4 is 5.73 Å². The number of nitrogens with zero attached hydrogens (tertiary/aromatic N) is 5. The van der Waals surface area contributed by atoms with Crippen molar-refractivity contribution in [2.24, 2.45) is 5.73 Å². The third kappa shape index (κ3) is 2.52. The zero-order valence-electron chi connectivity index (χ0n) is 12.0. The second kappa shape index (κ2) is 5.46. The van der Waals surface area contributed by atoms with E-state index in [9.17, 15) is 0 Å². The number of benzene rings is 1. The first-order valence-electron chi connectivity index (χ1n) is 6.88. The molecule has 3 rings (SSSR count). The van der Waals surface area contributed by atoms with Crippen molar-refractivity contribution in [3.8, 4) is 11.5 Å². The van der Waals surface area contributed by atoms with E-state index < -0.39 is 0 Å². The number of imidazole rings is 1. The molecule has 2 aromatic heterocycles. The van der Waals surface area contributed by atoms with Crippen LogP contribution >= 0.6 is 11.6 Å². The van der Waals surface area contributed by atoms with Crippen LogP contribution in [0.2, 0.25) is 5.02 Å². The number of hydrogen-bond donors (Lipinski definition) is 1. The summed E-state index contributed by atoms with van der Waals surface area (Å²) in [7, 11) is 0. The van der Waals surface area contributed by atoms with Crippen molar-refractivity contribution in [3.05, 3.63) is 29.4 Å². The Morgan fingerprint density at radius 3 is 2.86 bits per heavy atom. The fourth-order valence-electron chi connectivity index (χ4n) is 2.42. The molecule has 0 saturated heterocycles. The summed E-state index contributed by atoms with van der Waals surface area (Å²) >= 11 is 6.06. The van der Waals surface area contributed by atoms with Crippen LogP contribution in [0.5, 0.6) is 0 Å². The van der Waals surface area contributed by atoms with Gasteiger partial charge in [-0.15, -0.1) is 5.10 Å². The van der Waals surface area contributed by atoms with E-state index in [2.05, 4.69) is 33.7 Å². The second-order valence-electron chi connectivity index (χ2n) is 5.19. The zero-order chi connectivity index (χ0) is 15.0. The molecule has 2 heterocycles. The summed E-state index contributed by atoms with van der Waals surface area (Å²) in [5.74, 6) is 0.797. The van der Waals surface area contributed by atoms with Gasteiger partial charge in [0.15, 0.2) is 5.82 Å². The predicted octanol–water partition coefficient (Wildman–Crippen LogP) is 2.49. The molecule has 2 N–H and O–H groups in total. The Morgan fingerprint density at radius 2 is 2.14 bits per heavy atom. The van der Waals surface area contributed by atoms with Crippen molar-refractivity contribution in [2.75, 3.05) is 6.54 Å². The van der Waals surface area contributed by atoms with Crippen LogP contribution in [-0.2, 0) is 6.54 Å². The van der Waals surface area contributed by atoms with E-state index in [1.54, 1.807) is 4.68 Å². The van der Waals surface area contributed by atoms with Crippen molar-refractivity contribution in [3.63, 3.8) is 0 Å². The van der Waals surface area contributed by atoms with Gasteiger partial charge in [0.1, 0.15) is 5.69 Å². The number of halogens is 1. The van der Waals surface area contributed by atoms with Crippen molar-refractivity contribution < 1.29 is 0 Å². The summed E-state index contributed by atoms with van der Waals surface area (Å²) < 4.78 is 3.87. The Kier molecular flexibility index (Phi) is 3.65. The summed E-state index contributed by atoms with van der Waals surface area (Å²) in [5.41, 5.74) is 8.18. The van der Waals surface area contributed by atoms with E-state index in [4.69, 9.17) is 17.3 Å². The molecule has 0 radical (unpaired) electrons. The third-order valence-corrected chi connectivity index (χ3v) is 3.53. The van der Waals surface area contributed by atoms with Crippen LogP contribution in [0.4, 0.5) is 0 Å². The molecule has 0 aliphatic rings. The van der Waals surface area contributed by atoms with E-state index in [1.807, 2.05) is 24.4 Å². The van der Waals surface area contributed by atoms with Gasteiger partial charge in [0.05, 0.1) is 23.8 Å². The molecule has 0 aliphatic carbocycles. The lowest BCUT2D eigenvalue weighted by Gasteiger charge is -2.11. The molecule has 0 spiro atoms. The van der Waals surface area contributed by atoms with Crippen molar-refractivity contribution >= 4 is 22.6 Å². The first-order valence-corrected chi connectivity index (χ1v) is 7.26. The van der Waals surface area contributed by atoms with Gasteiger partial charge in [0, 0.05) is 17.6 Å². The van der Waals surface area contributed by atoms with Crippen LogP contribution in [0.1, 0.15) is 19.9 Å². The monoisotopic (exact) mass is 304 g/mol. The van der Waals surface area contributed by atoms with E-state index in [0.717, 1.165) is 22.6 Å². The molecule has 7 heteroatoms. The predicted molar refractivity (Wildman–Crippen MR) is 83.2 cm³/mol. The van der Waals surface area contributed by atoms with Gasteiger partial charge < -0.3 is 10.3 Å². The maximum atomic E-state index is 6.06. The van der Waals surface area contributed by atoms with E-state index in [-0.39, 0.29) is 6.04 Å². The van der Waals surface area contributed by atoms with Gasteiger partial charge in [-0.1, -0.05) is 16.8 Å². The fourth-order valence-corrected chi connectivity index (χ4v) is 2.58. The van der Waals surface area contributed by atoms with Gasteiger partial charge in [-0.2, -0.15) is 0 Å². The first kappa shape index (κ1) is 14.0. The summed E-state index contributed by atoms with van der Waals surface area (Å²) in [5, 5.41) is 8.96. The van der Waals surface area contributed by atoms with Crippen molar-refractivity contribution in [1.29, 1.82) is 0 Å². The molecule has 0 fully saturated rings. The number of hydrogen-bond acceptors (Lipinski definition) is 4. The largest absolute Gasteiger partial charge is 0.329 e. The topological polar surface area (TPSA) is 74.5 Å². The first-order chi connectivity index (χ1) is 10.1. The maximum Gasteiger partial charge on any atom is 0.163 e. The van der Waals surface area contributed by atoms with Gasteiger partial charge in [0.25, 0.3) is 0 Å². The Bertz CT molecular complexity index is 773. The van der Waals surface area contributed by atoms with Crippen molar-refractivity contribution in [2.45, 2.75) is 26.4 Å². The third-order valence-electron chi connectivity index (χ3n) is 3.29. The molecule has 0 aliphatic heterocycles. The normalized spacial score (nSPS) is 11.7. The zero-order valence-corrected chi connectivity index (χ0v) is 12.7. The SMILES string of the molecule is CC(C)n1c(-c2cn(CCN)nn2)nc2cc(Cl)ccc21. The maximum absolute atomic E-state index is 6.06. The lowest BCUT2D eigenvalue weighted by Crippen LogP contribution is -2.10. The summed E-state index contributed by atoms with van der Waals surface area (Å²) in [4.78, 5) is 4.67. The van der Waals surface area contributed by atoms with E-state index >= 15 is 0 Å². The van der Waals surface area contributed by atoms with Gasteiger partial charge in [-0.05, 0) is 32.0 Å². The van der Waals surface area contributed by atoms with Crippen LogP contribution in [-0.4, -0.2) is 31.1 Å². The highest BCUT2D eigenvalue weighted by Gasteiger charge is 2.17. The van der Waals surface area contributed by atoms with Gasteiger partial charge in [-0.3, -0.25) is 4.68 Å². The highest BCUT2D eigenvalue weighted by atomic mass is 35.5. The molecule has 0 amide bonds. The number of rotatable bonds is 4. The van der Waals surface area contributed by atoms with Crippen LogP contribution in [0.15, 0.2) is 24.4 Å². The van der Waals surface area contributed by atoms with E-state index in [0.29, 0.717) is 18.1 Å². The minimum atomic E-state index is 0.255. The number of fused-ring (bicyclic) bond motifs is 1. The molecule has 110 valence electrons. The van der Waals surface area contributed by atoms with Gasteiger partial charge >= 0.3 is 0 Å². The average molecular weight is 305 g/mol. The summed E-state index contributed by atoms with van der Waals surface area (Å²) in [6, 6.07) is 5.98. The molecule has 6 nitrogen and oxygen atoms in total. The molecular weight excluding hydrogens is 288 g/mol. The Balaban J connectivity index is 2.18. The average Bonchev–Trinajstić information content (AvgIpc) is 3.02. The molecule has 21 heavy (non-hydrogen) atoms. The minimum Gasteiger partial charge on any atom is -0.329 e. The minimum absolute atomic E-state index is 0.255. The molecule has 0 bridgehead atoms. The standard InChI is InChI=1S/C14H17ClN6/c1-9(2)21-13-4-3-10(15)7-11(13)17-14(21)12-8-20(6-5-16)19-18-12/h3-4,7-9H,5-6,16H2,1-2H3. The molecule has 0 unspecified atom stereocenters. The molecular formula is C14H17ClN6. The quantitative estimate of drug-likeness (QED) is 0.803. The Hall–Kier alpha value is -1.92. The molecule has 1 aromatic carbocycles. The molecule has 3 aromatic rings. The Labute approximate surface area is 127 Å². The highest BCUT2D eigenvalue weighted by Crippen LogP contribution is 2.28. The van der Waals surface area contributed by atoms with Crippen LogP contribution in [0.25, 0.3) is 22.6 Å². The smallest absolute Gasteiger partial charge is 0.163 e.